The summed E-state index contributed by atoms with van der Waals surface area (Å²) in [6.07, 6.45) is 16.1. The van der Waals surface area contributed by atoms with Crippen molar-refractivity contribution in [2.45, 2.75) is 115 Å². The van der Waals surface area contributed by atoms with Gasteiger partial charge in [-0.1, -0.05) is 69.9 Å². The Morgan fingerprint density at radius 2 is 1.24 bits per heavy atom. The van der Waals surface area contributed by atoms with Crippen LogP contribution in [0.2, 0.25) is 0 Å². The fraction of sp³-hybridized carbons (Fsp3) is 0.659. The van der Waals surface area contributed by atoms with E-state index in [4.69, 9.17) is 28.8 Å². The topological polar surface area (TPSA) is 231 Å². The number of esters is 1. The highest BCUT2D eigenvalue weighted by molar-refractivity contribution is 7.92. The molecule has 0 aliphatic heterocycles. The summed E-state index contributed by atoms with van der Waals surface area (Å²) in [5.41, 5.74) is 0.650. The number of nitrogens with one attached hydrogen (secondary N) is 3. The molecule has 0 spiro atoms. The van der Waals surface area contributed by atoms with Gasteiger partial charge in [0.2, 0.25) is 11.7 Å². The molecule has 0 saturated carbocycles. The number of aliphatic carboxylic acids is 1. The molecule has 0 bridgehead atoms. The molecule has 18 heteroatoms. The molecule has 0 radical (unpaired) electrons. The van der Waals surface area contributed by atoms with Crippen LogP contribution in [0.5, 0.6) is 0 Å². The molecule has 59 heavy (non-hydrogen) atoms. The summed E-state index contributed by atoms with van der Waals surface area (Å²) in [5.74, 6) is -2.18. The van der Waals surface area contributed by atoms with Gasteiger partial charge < -0.3 is 39.4 Å². The summed E-state index contributed by atoms with van der Waals surface area (Å²) >= 11 is 0. The standard InChI is InChI=1S/C41H65N5O12S/c1-41(2,3)58-38(50)19-14-12-10-8-6-4-5-7-9-11-13-16-33-17-15-18-35(28-33)59(52,53)46-34-29-44-39(45-30-34)40(51)43-21-23-55-24-26-56-31-36(47)42-20-22-54-25-27-57-32-37(48)49/h15,17-18,28-30,46H,4-14,16,19-27,31-32H2,1-3H3,(H,42,47)(H,43,51)(H,48,49). The van der Waals surface area contributed by atoms with Gasteiger partial charge in [0.05, 0.1) is 62.6 Å². The molecule has 1 heterocycles. The zero-order valence-electron chi connectivity index (χ0n) is 35.0. The molecule has 2 amide bonds. The monoisotopic (exact) mass is 851 g/mol. The molecule has 0 saturated heterocycles. The number of aryl methyl sites for hydroxylation is 1. The van der Waals surface area contributed by atoms with E-state index in [-0.39, 0.29) is 94.2 Å². The van der Waals surface area contributed by atoms with Gasteiger partial charge in [-0.3, -0.25) is 19.1 Å². The fourth-order valence-corrected chi connectivity index (χ4v) is 6.65. The molecule has 4 N–H and O–H groups in total. The summed E-state index contributed by atoms with van der Waals surface area (Å²) < 4.78 is 54.7. The van der Waals surface area contributed by atoms with Gasteiger partial charge in [0, 0.05) is 19.5 Å². The number of sulfonamides is 1. The third-order valence-electron chi connectivity index (χ3n) is 8.39. The smallest absolute Gasteiger partial charge is 0.329 e. The summed E-state index contributed by atoms with van der Waals surface area (Å²) in [7, 11) is -3.90. The second-order valence-corrected chi connectivity index (χ2v) is 16.5. The van der Waals surface area contributed by atoms with Gasteiger partial charge in [0.25, 0.3) is 15.9 Å². The van der Waals surface area contributed by atoms with Crippen LogP contribution in [-0.4, -0.2) is 119 Å². The predicted octanol–water partition coefficient (Wildman–Crippen LogP) is 4.84. The van der Waals surface area contributed by atoms with E-state index in [1.54, 1.807) is 12.1 Å². The van der Waals surface area contributed by atoms with Crippen molar-refractivity contribution in [1.82, 2.24) is 20.6 Å². The number of unbranched alkanes of at least 4 members (excludes halogenated alkanes) is 10. The zero-order valence-corrected chi connectivity index (χ0v) is 35.8. The van der Waals surface area contributed by atoms with Crippen LogP contribution in [0.15, 0.2) is 41.6 Å². The number of amides is 2. The first-order chi connectivity index (χ1) is 28.2. The summed E-state index contributed by atoms with van der Waals surface area (Å²) in [5, 5.41) is 13.7. The van der Waals surface area contributed by atoms with Crippen LogP contribution in [-0.2, 0) is 54.5 Å². The van der Waals surface area contributed by atoms with Gasteiger partial charge in [-0.15, -0.1) is 0 Å². The summed E-state index contributed by atoms with van der Waals surface area (Å²) in [6, 6.07) is 6.88. The van der Waals surface area contributed by atoms with E-state index >= 15 is 0 Å². The van der Waals surface area contributed by atoms with Crippen molar-refractivity contribution in [3.63, 3.8) is 0 Å². The number of benzene rings is 1. The van der Waals surface area contributed by atoms with E-state index in [1.165, 1.54) is 50.6 Å². The molecule has 2 aromatic rings. The van der Waals surface area contributed by atoms with E-state index in [9.17, 15) is 27.6 Å². The predicted molar refractivity (Wildman–Crippen MR) is 220 cm³/mol. The Hall–Kier alpha value is -4.23. The molecular weight excluding hydrogens is 787 g/mol. The van der Waals surface area contributed by atoms with Crippen molar-refractivity contribution in [1.29, 1.82) is 0 Å². The maximum Gasteiger partial charge on any atom is 0.329 e. The van der Waals surface area contributed by atoms with Crippen molar-refractivity contribution in [2.24, 2.45) is 0 Å². The highest BCUT2D eigenvalue weighted by atomic mass is 32.2. The minimum atomic E-state index is -3.90. The maximum atomic E-state index is 13.1. The number of hydrogen-bond donors (Lipinski definition) is 4. The third kappa shape index (κ3) is 26.5. The van der Waals surface area contributed by atoms with Crippen LogP contribution in [0.4, 0.5) is 5.69 Å². The summed E-state index contributed by atoms with van der Waals surface area (Å²) in [6.45, 7) is 6.68. The number of nitrogens with zero attached hydrogens (tertiary/aromatic N) is 2. The number of carbonyl (C=O) groups is 4. The molecule has 332 valence electrons. The van der Waals surface area contributed by atoms with Crippen molar-refractivity contribution in [3.05, 3.63) is 48.0 Å². The lowest BCUT2D eigenvalue weighted by atomic mass is 10.0. The molecule has 0 fully saturated rings. The van der Waals surface area contributed by atoms with E-state index in [0.29, 0.717) is 6.42 Å². The first-order valence-electron chi connectivity index (χ1n) is 20.5. The number of anilines is 1. The number of hydrogen-bond acceptors (Lipinski definition) is 13. The van der Waals surface area contributed by atoms with E-state index in [2.05, 4.69) is 25.3 Å². The molecular formula is C41H65N5O12S. The average molecular weight is 852 g/mol. The number of carbonyl (C=O) groups excluding carboxylic acids is 3. The largest absolute Gasteiger partial charge is 0.480 e. The van der Waals surface area contributed by atoms with Gasteiger partial charge in [0.15, 0.2) is 0 Å². The van der Waals surface area contributed by atoms with Gasteiger partial charge >= 0.3 is 11.9 Å². The Morgan fingerprint density at radius 3 is 1.83 bits per heavy atom. The van der Waals surface area contributed by atoms with Gasteiger partial charge in [-0.05, 0) is 57.7 Å². The third-order valence-corrected chi connectivity index (χ3v) is 9.76. The molecule has 0 aliphatic carbocycles. The Morgan fingerprint density at radius 1 is 0.695 bits per heavy atom. The first-order valence-corrected chi connectivity index (χ1v) is 22.0. The van der Waals surface area contributed by atoms with Crippen LogP contribution in [0.1, 0.15) is 114 Å². The van der Waals surface area contributed by atoms with Crippen molar-refractivity contribution < 1.29 is 56.4 Å². The van der Waals surface area contributed by atoms with Gasteiger partial charge in [-0.2, -0.15) is 0 Å². The van der Waals surface area contributed by atoms with Gasteiger partial charge in [0.1, 0.15) is 18.8 Å². The minimum Gasteiger partial charge on any atom is -0.480 e. The van der Waals surface area contributed by atoms with Crippen molar-refractivity contribution >= 4 is 39.5 Å². The summed E-state index contributed by atoms with van der Waals surface area (Å²) in [4.78, 5) is 54.4. The molecule has 1 aromatic carbocycles. The Bertz CT molecular complexity index is 1620. The SMILES string of the molecule is CC(C)(C)OC(=O)CCCCCCCCCCCCCc1cccc(S(=O)(=O)Nc2cnc(C(=O)NCCOCCOCC(=O)NCCOCCOCC(=O)O)nc2)c1. The lowest BCUT2D eigenvalue weighted by molar-refractivity contribution is -0.155. The number of carboxylic acid groups (broad SMARTS) is 1. The highest BCUT2D eigenvalue weighted by Crippen LogP contribution is 2.19. The molecule has 17 nitrogen and oxygen atoms in total. The fourth-order valence-electron chi connectivity index (χ4n) is 5.56. The molecule has 0 aliphatic rings. The van der Waals surface area contributed by atoms with E-state index in [0.717, 1.165) is 50.5 Å². The van der Waals surface area contributed by atoms with Crippen molar-refractivity contribution in [3.8, 4) is 0 Å². The van der Waals surface area contributed by atoms with Crippen LogP contribution >= 0.6 is 0 Å². The molecule has 1 aromatic heterocycles. The van der Waals surface area contributed by atoms with E-state index < -0.39 is 27.5 Å². The molecule has 0 unspecified atom stereocenters. The number of aromatic nitrogens is 2. The first kappa shape index (κ1) is 50.9. The average Bonchev–Trinajstić information content (AvgIpc) is 3.18. The lowest BCUT2D eigenvalue weighted by Gasteiger charge is -2.19. The molecule has 0 atom stereocenters. The molecule has 2 rings (SSSR count). The zero-order chi connectivity index (χ0) is 43.2. The highest BCUT2D eigenvalue weighted by Gasteiger charge is 2.17. The number of carboxylic acids is 1. The quantitative estimate of drug-likeness (QED) is 0.0546. The maximum absolute atomic E-state index is 13.1. The van der Waals surface area contributed by atoms with Crippen molar-refractivity contribution in [2.75, 3.05) is 70.7 Å². The van der Waals surface area contributed by atoms with Crippen LogP contribution in [0.3, 0.4) is 0 Å². The van der Waals surface area contributed by atoms with Gasteiger partial charge in [-0.25, -0.2) is 23.2 Å². The van der Waals surface area contributed by atoms with E-state index in [1.807, 2.05) is 26.8 Å². The lowest BCUT2D eigenvalue weighted by Crippen LogP contribution is -2.31. The number of ether oxygens (including phenoxy) is 5. The second-order valence-electron chi connectivity index (χ2n) is 14.9. The Balaban J connectivity index is 1.52. The number of rotatable bonds is 34. The second kappa shape index (κ2) is 29.9. The van der Waals surface area contributed by atoms with Crippen LogP contribution in [0, 0.1) is 0 Å². The Labute approximate surface area is 349 Å². The van der Waals surface area contributed by atoms with Crippen LogP contribution in [0.25, 0.3) is 0 Å². The van der Waals surface area contributed by atoms with Crippen LogP contribution < -0.4 is 15.4 Å². The Kier molecular flexibility index (Phi) is 25.8. The minimum absolute atomic E-state index is 0.112. The normalized spacial score (nSPS) is 11.6.